The van der Waals surface area contributed by atoms with E-state index < -0.39 is 0 Å². The van der Waals surface area contributed by atoms with E-state index >= 15 is 0 Å². The predicted molar refractivity (Wildman–Crippen MR) is 127 cm³/mol. The Morgan fingerprint density at radius 1 is 1.00 bits per heavy atom. The summed E-state index contributed by atoms with van der Waals surface area (Å²) in [6.45, 7) is 4.50. The van der Waals surface area contributed by atoms with Crippen molar-refractivity contribution >= 4 is 23.2 Å². The van der Waals surface area contributed by atoms with Crippen LogP contribution in [0.1, 0.15) is 46.1 Å². The van der Waals surface area contributed by atoms with E-state index in [0.29, 0.717) is 39.0 Å². The predicted octanol–water partition coefficient (Wildman–Crippen LogP) is 4.79. The van der Waals surface area contributed by atoms with Crippen molar-refractivity contribution in [3.05, 3.63) is 87.9 Å². The molecule has 0 aliphatic carbocycles. The third kappa shape index (κ3) is 5.43. The molecule has 2 aromatic heterocycles. The van der Waals surface area contributed by atoms with Crippen LogP contribution in [0.25, 0.3) is 0 Å². The first-order valence-electron chi connectivity index (χ1n) is 11.2. The van der Waals surface area contributed by atoms with Gasteiger partial charge >= 0.3 is 0 Å². The molecule has 32 heavy (non-hydrogen) atoms. The number of piperidine rings is 1. The second-order valence-corrected chi connectivity index (χ2v) is 9.22. The molecular weight excluding hydrogens is 418 g/mol. The van der Waals surface area contributed by atoms with Crippen LogP contribution >= 0.6 is 11.3 Å². The number of aryl methyl sites for hydroxylation is 1. The molecule has 0 saturated carbocycles. The smallest absolute Gasteiger partial charge is 0.263 e. The number of hydrogen-bond acceptors (Lipinski definition) is 4. The van der Waals surface area contributed by atoms with Crippen LogP contribution in [-0.2, 0) is 24.3 Å². The molecule has 3 aromatic rings. The molecule has 2 amide bonds. The van der Waals surface area contributed by atoms with E-state index in [4.69, 9.17) is 0 Å². The Morgan fingerprint density at radius 3 is 2.34 bits per heavy atom. The van der Waals surface area contributed by atoms with E-state index in [1.807, 2.05) is 45.6 Å². The summed E-state index contributed by atoms with van der Waals surface area (Å²) < 4.78 is 0. The van der Waals surface area contributed by atoms with Crippen molar-refractivity contribution in [3.63, 3.8) is 0 Å². The first-order chi connectivity index (χ1) is 15.6. The summed E-state index contributed by atoms with van der Waals surface area (Å²) in [4.78, 5) is 35.0. The number of nitrogens with zero attached hydrogens (tertiary/aromatic N) is 3. The molecule has 5 nitrogen and oxygen atoms in total. The van der Waals surface area contributed by atoms with Crippen molar-refractivity contribution in [1.29, 1.82) is 0 Å². The van der Waals surface area contributed by atoms with Gasteiger partial charge < -0.3 is 9.80 Å². The van der Waals surface area contributed by atoms with Crippen LogP contribution in [0, 0.1) is 5.92 Å². The van der Waals surface area contributed by atoms with E-state index in [9.17, 15) is 9.59 Å². The van der Waals surface area contributed by atoms with E-state index in [-0.39, 0.29) is 17.7 Å². The van der Waals surface area contributed by atoms with Gasteiger partial charge in [0.05, 0.1) is 4.88 Å². The molecule has 0 N–H and O–H groups in total. The van der Waals surface area contributed by atoms with Crippen LogP contribution in [0.2, 0.25) is 0 Å². The number of pyridine rings is 1. The number of carbonyl (C=O) groups excluding carboxylic acids is 2. The summed E-state index contributed by atoms with van der Waals surface area (Å²) in [5.74, 6) is 0.180. The third-order valence-electron chi connectivity index (χ3n) is 6.08. The van der Waals surface area contributed by atoms with Gasteiger partial charge in [-0.25, -0.2) is 0 Å². The van der Waals surface area contributed by atoms with Crippen molar-refractivity contribution in [2.24, 2.45) is 5.92 Å². The molecule has 0 radical (unpaired) electrons. The number of hydrogen-bond donors (Lipinski definition) is 0. The van der Waals surface area contributed by atoms with E-state index in [2.05, 4.69) is 36.2 Å². The number of amides is 2. The topological polar surface area (TPSA) is 53.5 Å². The molecule has 0 bridgehead atoms. The zero-order valence-electron chi connectivity index (χ0n) is 18.4. The number of rotatable bonds is 7. The summed E-state index contributed by atoms with van der Waals surface area (Å²) in [6, 6.07) is 16.2. The first-order valence-corrected chi connectivity index (χ1v) is 12.1. The second kappa shape index (κ2) is 10.6. The zero-order chi connectivity index (χ0) is 22.3. The minimum Gasteiger partial charge on any atom is -0.338 e. The molecule has 1 saturated heterocycles. The molecule has 1 aromatic carbocycles. The van der Waals surface area contributed by atoms with Crippen molar-refractivity contribution in [1.82, 2.24) is 14.8 Å². The molecule has 6 heteroatoms. The van der Waals surface area contributed by atoms with E-state index in [0.717, 1.165) is 22.4 Å². The average Bonchev–Trinajstić information content (AvgIpc) is 3.39. The standard InChI is InChI=1S/C26H29N3O2S/c1-2-20-7-9-21(10-8-20)18-29(19-22-5-3-13-27-17-22)25(30)23-11-14-28(15-12-23)26(31)24-6-4-16-32-24/h3-10,13,16-17,23H,2,11-12,14-15,18-19H2,1H3. The summed E-state index contributed by atoms with van der Waals surface area (Å²) in [5.41, 5.74) is 3.45. The molecule has 166 valence electrons. The average molecular weight is 448 g/mol. The lowest BCUT2D eigenvalue weighted by molar-refractivity contribution is -0.138. The van der Waals surface area contributed by atoms with E-state index in [1.165, 1.54) is 16.9 Å². The lowest BCUT2D eigenvalue weighted by Gasteiger charge is -2.34. The lowest BCUT2D eigenvalue weighted by Crippen LogP contribution is -2.44. The number of benzene rings is 1. The van der Waals surface area contributed by atoms with Crippen molar-refractivity contribution in [3.8, 4) is 0 Å². The zero-order valence-corrected chi connectivity index (χ0v) is 19.3. The van der Waals surface area contributed by atoms with Gasteiger partial charge in [-0.05, 0) is 53.5 Å². The highest BCUT2D eigenvalue weighted by atomic mass is 32.1. The SMILES string of the molecule is CCc1ccc(CN(Cc2cccnc2)C(=O)C2CCN(C(=O)c3cccs3)CC2)cc1. The minimum absolute atomic E-state index is 0.0611. The molecule has 1 fully saturated rings. The molecule has 1 aliphatic rings. The van der Waals surface area contributed by atoms with Crippen LogP contribution in [0.3, 0.4) is 0 Å². The van der Waals surface area contributed by atoms with Gasteiger partial charge in [0, 0.05) is 44.5 Å². The van der Waals surface area contributed by atoms with Crippen LogP contribution in [0.5, 0.6) is 0 Å². The van der Waals surface area contributed by atoms with E-state index in [1.54, 1.807) is 6.20 Å². The molecule has 3 heterocycles. The monoisotopic (exact) mass is 447 g/mol. The van der Waals surface area contributed by atoms with Crippen LogP contribution in [0.15, 0.2) is 66.3 Å². The van der Waals surface area contributed by atoms with Gasteiger partial charge in [-0.3, -0.25) is 14.6 Å². The highest BCUT2D eigenvalue weighted by Crippen LogP contribution is 2.24. The van der Waals surface area contributed by atoms with Crippen LogP contribution in [0.4, 0.5) is 0 Å². The van der Waals surface area contributed by atoms with Crippen LogP contribution in [-0.4, -0.2) is 39.7 Å². The van der Waals surface area contributed by atoms with Crippen molar-refractivity contribution in [2.75, 3.05) is 13.1 Å². The Hall–Kier alpha value is -2.99. The Bertz CT molecular complexity index is 1010. The fraction of sp³-hybridized carbons (Fsp3) is 0.346. The number of carbonyl (C=O) groups is 2. The number of thiophene rings is 1. The molecule has 1 aliphatic heterocycles. The largest absolute Gasteiger partial charge is 0.338 e. The lowest BCUT2D eigenvalue weighted by atomic mass is 9.94. The summed E-state index contributed by atoms with van der Waals surface area (Å²) in [5, 5.41) is 1.92. The normalized spacial score (nSPS) is 14.3. The summed E-state index contributed by atoms with van der Waals surface area (Å²) in [7, 11) is 0. The van der Waals surface area contributed by atoms with Gasteiger partial charge in [0.2, 0.25) is 5.91 Å². The Labute approximate surface area is 193 Å². The fourth-order valence-corrected chi connectivity index (χ4v) is 4.86. The van der Waals surface area contributed by atoms with Gasteiger partial charge in [0.25, 0.3) is 5.91 Å². The van der Waals surface area contributed by atoms with Crippen molar-refractivity contribution < 1.29 is 9.59 Å². The molecular formula is C26H29N3O2S. The second-order valence-electron chi connectivity index (χ2n) is 8.27. The minimum atomic E-state index is -0.0611. The number of aromatic nitrogens is 1. The highest BCUT2D eigenvalue weighted by Gasteiger charge is 2.31. The van der Waals surface area contributed by atoms with Gasteiger partial charge in [-0.1, -0.05) is 43.3 Å². The summed E-state index contributed by atoms with van der Waals surface area (Å²) >= 11 is 1.47. The van der Waals surface area contributed by atoms with Gasteiger partial charge in [-0.2, -0.15) is 0 Å². The molecule has 4 rings (SSSR count). The maximum Gasteiger partial charge on any atom is 0.263 e. The quantitative estimate of drug-likeness (QED) is 0.523. The maximum atomic E-state index is 13.5. The Kier molecular flexibility index (Phi) is 7.32. The number of likely N-dealkylation sites (tertiary alicyclic amines) is 1. The van der Waals surface area contributed by atoms with Gasteiger partial charge in [-0.15, -0.1) is 11.3 Å². The Morgan fingerprint density at radius 2 is 1.72 bits per heavy atom. The third-order valence-corrected chi connectivity index (χ3v) is 6.93. The first kappa shape index (κ1) is 22.2. The van der Waals surface area contributed by atoms with Gasteiger partial charge in [0.1, 0.15) is 0 Å². The van der Waals surface area contributed by atoms with Crippen LogP contribution < -0.4 is 0 Å². The molecule has 0 atom stereocenters. The fourth-order valence-electron chi connectivity index (χ4n) is 4.17. The highest BCUT2D eigenvalue weighted by molar-refractivity contribution is 7.12. The maximum absolute atomic E-state index is 13.5. The summed E-state index contributed by atoms with van der Waals surface area (Å²) in [6.07, 6.45) is 5.98. The Balaban J connectivity index is 1.44. The van der Waals surface area contributed by atoms with Gasteiger partial charge in [0.15, 0.2) is 0 Å². The van der Waals surface area contributed by atoms with Crippen molar-refractivity contribution in [2.45, 2.75) is 39.3 Å². The molecule has 0 spiro atoms. The molecule has 0 unspecified atom stereocenters.